The number of rotatable bonds is 7. The maximum atomic E-state index is 11.4. The molecule has 0 saturated heterocycles. The third-order valence-electron chi connectivity index (χ3n) is 2.20. The molecule has 0 fully saturated rings. The lowest BCUT2D eigenvalue weighted by atomic mass is 10.3. The zero-order chi connectivity index (χ0) is 14.3. The molecule has 0 aromatic heterocycles. The fraction of sp³-hybridized carbons (Fsp3) is 0.385. The van der Waals surface area contributed by atoms with Crippen molar-refractivity contribution in [3.05, 3.63) is 24.3 Å². The van der Waals surface area contributed by atoms with E-state index in [1.165, 1.54) is 6.92 Å². The Kier molecular flexibility index (Phi) is 5.66. The Balaban J connectivity index is 2.52. The molecule has 1 amide bonds. The molecule has 0 radical (unpaired) electrons. The molecular formula is C13H17NO5. The van der Waals surface area contributed by atoms with E-state index in [1.54, 1.807) is 24.3 Å². The molecule has 104 valence electrons. The molecule has 1 atom stereocenters. The van der Waals surface area contributed by atoms with E-state index in [2.05, 4.69) is 0 Å². The zero-order valence-electron chi connectivity index (χ0n) is 10.9. The van der Waals surface area contributed by atoms with E-state index in [-0.39, 0.29) is 6.61 Å². The average molecular weight is 267 g/mol. The molecule has 2 N–H and O–H groups in total. The first-order chi connectivity index (χ1) is 9.04. The van der Waals surface area contributed by atoms with Crippen LogP contribution in [0.5, 0.6) is 11.5 Å². The van der Waals surface area contributed by atoms with Gasteiger partial charge >= 0.3 is 5.97 Å². The van der Waals surface area contributed by atoms with Crippen LogP contribution >= 0.6 is 0 Å². The van der Waals surface area contributed by atoms with Gasteiger partial charge in [0.15, 0.2) is 24.2 Å². The lowest BCUT2D eigenvalue weighted by Crippen LogP contribution is -2.32. The van der Waals surface area contributed by atoms with Crippen molar-refractivity contribution in [2.24, 2.45) is 5.73 Å². The monoisotopic (exact) mass is 267 g/mol. The van der Waals surface area contributed by atoms with Crippen LogP contribution in [0.2, 0.25) is 0 Å². The third-order valence-corrected chi connectivity index (χ3v) is 2.20. The van der Waals surface area contributed by atoms with Gasteiger partial charge in [0, 0.05) is 0 Å². The number of esters is 1. The highest BCUT2D eigenvalue weighted by atomic mass is 16.6. The number of carbonyl (C=O) groups is 2. The smallest absolute Gasteiger partial charge is 0.344 e. The topological polar surface area (TPSA) is 87.8 Å². The zero-order valence-corrected chi connectivity index (χ0v) is 10.9. The minimum atomic E-state index is -0.974. The molecule has 0 saturated carbocycles. The van der Waals surface area contributed by atoms with Gasteiger partial charge in [-0.25, -0.2) is 4.79 Å². The van der Waals surface area contributed by atoms with Crippen LogP contribution < -0.4 is 15.2 Å². The van der Waals surface area contributed by atoms with E-state index in [9.17, 15) is 9.59 Å². The van der Waals surface area contributed by atoms with Gasteiger partial charge < -0.3 is 19.9 Å². The van der Waals surface area contributed by atoms with Crippen molar-refractivity contribution in [2.75, 3.05) is 13.2 Å². The van der Waals surface area contributed by atoms with E-state index in [1.807, 2.05) is 6.92 Å². The van der Waals surface area contributed by atoms with Gasteiger partial charge in [-0.05, 0) is 26.0 Å². The SMILES string of the molecule is CCOc1ccccc1OCC(=O)O[C@H](C)C(N)=O. The van der Waals surface area contributed by atoms with E-state index in [0.29, 0.717) is 18.1 Å². The predicted octanol–water partition coefficient (Wildman–Crippen LogP) is 0.881. The summed E-state index contributed by atoms with van der Waals surface area (Å²) in [4.78, 5) is 22.1. The molecule has 0 aliphatic carbocycles. The van der Waals surface area contributed by atoms with Gasteiger partial charge in [-0.15, -0.1) is 0 Å². The summed E-state index contributed by atoms with van der Waals surface area (Å²) in [5.41, 5.74) is 4.98. The Hall–Kier alpha value is -2.24. The molecule has 6 heteroatoms. The van der Waals surface area contributed by atoms with Crippen LogP contribution in [0.1, 0.15) is 13.8 Å². The van der Waals surface area contributed by atoms with E-state index >= 15 is 0 Å². The minimum absolute atomic E-state index is 0.318. The summed E-state index contributed by atoms with van der Waals surface area (Å²) in [5, 5.41) is 0. The fourth-order valence-electron chi connectivity index (χ4n) is 1.27. The number of nitrogens with two attached hydrogens (primary N) is 1. The van der Waals surface area contributed by atoms with Crippen LogP contribution in [0.25, 0.3) is 0 Å². The van der Waals surface area contributed by atoms with Crippen molar-refractivity contribution >= 4 is 11.9 Å². The van der Waals surface area contributed by atoms with Crippen molar-refractivity contribution < 1.29 is 23.8 Å². The van der Waals surface area contributed by atoms with Gasteiger partial charge in [0.25, 0.3) is 5.91 Å². The maximum Gasteiger partial charge on any atom is 0.344 e. The normalized spacial score (nSPS) is 11.5. The molecule has 1 rings (SSSR count). The third kappa shape index (κ3) is 4.87. The minimum Gasteiger partial charge on any atom is -0.490 e. The molecule has 1 aromatic rings. The summed E-state index contributed by atoms with van der Waals surface area (Å²) >= 11 is 0. The fourth-order valence-corrected chi connectivity index (χ4v) is 1.27. The van der Waals surface area contributed by atoms with Gasteiger partial charge in [0.2, 0.25) is 0 Å². The molecule has 0 spiro atoms. The number of benzene rings is 1. The summed E-state index contributed by atoms with van der Waals surface area (Å²) < 4.78 is 15.4. The highest BCUT2D eigenvalue weighted by Gasteiger charge is 2.15. The molecule has 1 aromatic carbocycles. The molecule has 0 aliphatic heterocycles. The van der Waals surface area contributed by atoms with Crippen LogP contribution in [-0.2, 0) is 14.3 Å². The molecule has 19 heavy (non-hydrogen) atoms. The second-order valence-electron chi connectivity index (χ2n) is 3.70. The maximum absolute atomic E-state index is 11.4. The largest absolute Gasteiger partial charge is 0.490 e. The molecule has 0 unspecified atom stereocenters. The summed E-state index contributed by atoms with van der Waals surface area (Å²) in [6.45, 7) is 3.42. The van der Waals surface area contributed by atoms with Gasteiger partial charge in [-0.2, -0.15) is 0 Å². The first-order valence-electron chi connectivity index (χ1n) is 5.88. The number of carbonyl (C=O) groups excluding carboxylic acids is 2. The Morgan fingerprint density at radius 2 is 1.79 bits per heavy atom. The lowest BCUT2D eigenvalue weighted by Gasteiger charge is -2.12. The average Bonchev–Trinajstić information content (AvgIpc) is 2.38. The van der Waals surface area contributed by atoms with Crippen LogP contribution in [0.3, 0.4) is 0 Å². The highest BCUT2D eigenvalue weighted by molar-refractivity contribution is 5.82. The molecule has 0 aliphatic rings. The van der Waals surface area contributed by atoms with Crippen molar-refractivity contribution in [3.8, 4) is 11.5 Å². The summed E-state index contributed by atoms with van der Waals surface area (Å²) in [7, 11) is 0. The van der Waals surface area contributed by atoms with Crippen molar-refractivity contribution in [2.45, 2.75) is 20.0 Å². The summed E-state index contributed by atoms with van der Waals surface area (Å²) in [6.07, 6.45) is -0.974. The Morgan fingerprint density at radius 1 is 1.21 bits per heavy atom. The first kappa shape index (κ1) is 14.8. The predicted molar refractivity (Wildman–Crippen MR) is 67.9 cm³/mol. The van der Waals surface area contributed by atoms with E-state index < -0.39 is 18.0 Å². The van der Waals surface area contributed by atoms with Gasteiger partial charge in [0.05, 0.1) is 6.61 Å². The van der Waals surface area contributed by atoms with Crippen LogP contribution in [0.15, 0.2) is 24.3 Å². The van der Waals surface area contributed by atoms with E-state index in [4.69, 9.17) is 19.9 Å². The van der Waals surface area contributed by atoms with Crippen LogP contribution in [0, 0.1) is 0 Å². The quantitative estimate of drug-likeness (QED) is 0.741. The highest BCUT2D eigenvalue weighted by Crippen LogP contribution is 2.26. The Morgan fingerprint density at radius 3 is 2.32 bits per heavy atom. The van der Waals surface area contributed by atoms with Gasteiger partial charge in [-0.1, -0.05) is 12.1 Å². The number of primary amides is 1. The molecular weight excluding hydrogens is 250 g/mol. The second-order valence-corrected chi connectivity index (χ2v) is 3.70. The summed E-state index contributed by atoms with van der Waals surface area (Å²) in [6, 6.07) is 6.96. The Labute approximate surface area is 111 Å². The van der Waals surface area contributed by atoms with Crippen molar-refractivity contribution in [1.82, 2.24) is 0 Å². The molecule has 0 bridgehead atoms. The van der Waals surface area contributed by atoms with Crippen molar-refractivity contribution in [1.29, 1.82) is 0 Å². The summed E-state index contributed by atoms with van der Waals surface area (Å²) in [5.74, 6) is -0.394. The Bertz CT molecular complexity index is 446. The first-order valence-corrected chi connectivity index (χ1v) is 5.88. The van der Waals surface area contributed by atoms with E-state index in [0.717, 1.165) is 0 Å². The van der Waals surface area contributed by atoms with Gasteiger partial charge in [0.1, 0.15) is 0 Å². The van der Waals surface area contributed by atoms with Crippen LogP contribution in [0.4, 0.5) is 0 Å². The lowest BCUT2D eigenvalue weighted by molar-refractivity contribution is -0.155. The molecule has 0 heterocycles. The number of amides is 1. The number of para-hydroxylation sites is 2. The number of ether oxygens (including phenoxy) is 3. The number of hydrogen-bond donors (Lipinski definition) is 1. The van der Waals surface area contributed by atoms with Crippen LogP contribution in [-0.4, -0.2) is 31.2 Å². The van der Waals surface area contributed by atoms with Crippen molar-refractivity contribution in [3.63, 3.8) is 0 Å². The standard InChI is InChI=1S/C13H17NO5/c1-3-17-10-6-4-5-7-11(10)18-8-12(15)19-9(2)13(14)16/h4-7,9H,3,8H2,1-2H3,(H2,14,16)/t9-/m1/s1. The molecule has 6 nitrogen and oxygen atoms in total. The van der Waals surface area contributed by atoms with Gasteiger partial charge in [-0.3, -0.25) is 4.79 Å². The number of hydrogen-bond acceptors (Lipinski definition) is 5. The second kappa shape index (κ2) is 7.25.